The first kappa shape index (κ1) is 20.4. The van der Waals surface area contributed by atoms with Gasteiger partial charge in [-0.25, -0.2) is 4.79 Å². The van der Waals surface area contributed by atoms with Gasteiger partial charge in [0, 0.05) is 28.1 Å². The number of aromatic nitrogens is 1. The molecule has 150 valence electrons. The number of ether oxygens (including phenoxy) is 2. The van der Waals surface area contributed by atoms with Gasteiger partial charge in [0.1, 0.15) is 18.4 Å². The van der Waals surface area contributed by atoms with Crippen LogP contribution < -0.4 is 4.74 Å². The maximum atomic E-state index is 12.9. The van der Waals surface area contributed by atoms with Crippen molar-refractivity contribution < 1.29 is 19.1 Å². The third-order valence-corrected chi connectivity index (χ3v) is 5.06. The number of hydrogen-bond donors (Lipinski definition) is 0. The second-order valence-electron chi connectivity index (χ2n) is 6.95. The lowest BCUT2D eigenvalue weighted by Gasteiger charge is -2.18. The van der Waals surface area contributed by atoms with Gasteiger partial charge in [-0.05, 0) is 32.9 Å². The summed E-state index contributed by atoms with van der Waals surface area (Å²) in [6, 6.07) is 17.8. The highest BCUT2D eigenvalue weighted by Crippen LogP contribution is 2.25. The van der Waals surface area contributed by atoms with Crippen molar-refractivity contribution in [3.8, 4) is 5.75 Å². The van der Waals surface area contributed by atoms with Gasteiger partial charge in [0.2, 0.25) is 0 Å². The van der Waals surface area contributed by atoms with Gasteiger partial charge in [0.05, 0.1) is 7.11 Å². The van der Waals surface area contributed by atoms with Crippen molar-refractivity contribution in [3.63, 3.8) is 0 Å². The lowest BCUT2D eigenvalue weighted by atomic mass is 10.0. The quantitative estimate of drug-likeness (QED) is 0.435. The molecule has 0 N–H and O–H groups in total. The van der Waals surface area contributed by atoms with E-state index in [0.29, 0.717) is 16.9 Å². The molecule has 0 fully saturated rings. The van der Waals surface area contributed by atoms with Crippen LogP contribution in [0.5, 0.6) is 5.75 Å². The van der Waals surface area contributed by atoms with Crippen molar-refractivity contribution in [1.82, 2.24) is 4.57 Å². The van der Waals surface area contributed by atoms with Crippen LogP contribution in [0, 0.1) is 13.8 Å². The fourth-order valence-electron chi connectivity index (χ4n) is 3.55. The highest BCUT2D eigenvalue weighted by molar-refractivity contribution is 6.10. The number of hydrogen-bond acceptors (Lipinski definition) is 4. The summed E-state index contributed by atoms with van der Waals surface area (Å²) in [5.74, 6) is 0.257. The van der Waals surface area contributed by atoms with Crippen LogP contribution in [0.1, 0.15) is 45.8 Å². The fraction of sp³-hybridized carbons (Fsp3) is 0.250. The van der Waals surface area contributed by atoms with Gasteiger partial charge in [-0.1, -0.05) is 48.5 Å². The summed E-state index contributed by atoms with van der Waals surface area (Å²) < 4.78 is 12.7. The molecule has 3 aromatic rings. The Labute approximate surface area is 170 Å². The monoisotopic (exact) mass is 391 g/mol. The molecule has 0 saturated heterocycles. The summed E-state index contributed by atoms with van der Waals surface area (Å²) in [6.45, 7) is 5.65. The normalized spacial score (nSPS) is 11.7. The number of nitrogens with zero attached hydrogens (tertiary/aromatic N) is 1. The van der Waals surface area contributed by atoms with Gasteiger partial charge in [-0.15, -0.1) is 0 Å². The molecule has 0 radical (unpaired) electrons. The molecule has 0 bridgehead atoms. The summed E-state index contributed by atoms with van der Waals surface area (Å²) in [5, 5.41) is 0. The number of carbonyl (C=O) groups excluding carboxylic acids is 2. The molecule has 3 rings (SSSR count). The molecule has 2 aromatic carbocycles. The zero-order valence-corrected chi connectivity index (χ0v) is 17.1. The highest BCUT2D eigenvalue weighted by Gasteiger charge is 2.24. The summed E-state index contributed by atoms with van der Waals surface area (Å²) in [7, 11) is 1.58. The van der Waals surface area contributed by atoms with Crippen molar-refractivity contribution in [2.45, 2.75) is 33.4 Å². The lowest BCUT2D eigenvalue weighted by molar-refractivity contribution is -0.148. The molecule has 5 nitrogen and oxygen atoms in total. The maximum absolute atomic E-state index is 12.9. The Morgan fingerprint density at radius 1 is 1.00 bits per heavy atom. The van der Waals surface area contributed by atoms with Gasteiger partial charge in [0.15, 0.2) is 5.78 Å². The molecular formula is C24H25NO4. The zero-order chi connectivity index (χ0) is 21.0. The van der Waals surface area contributed by atoms with Crippen molar-refractivity contribution >= 4 is 11.8 Å². The Hall–Kier alpha value is -3.34. The van der Waals surface area contributed by atoms with Crippen LogP contribution in [-0.4, -0.2) is 23.4 Å². The predicted molar refractivity (Wildman–Crippen MR) is 111 cm³/mol. The topological polar surface area (TPSA) is 57.5 Å². The average Bonchev–Trinajstić information content (AvgIpc) is 3.05. The molecule has 0 aliphatic heterocycles. The van der Waals surface area contributed by atoms with E-state index in [-0.39, 0.29) is 18.4 Å². The molecular weight excluding hydrogens is 366 g/mol. The number of methoxy groups -OCH3 is 1. The number of carbonyl (C=O) groups is 2. The smallest absolute Gasteiger partial charge is 0.329 e. The summed E-state index contributed by atoms with van der Waals surface area (Å²) in [5.41, 5.74) is 3.61. The number of esters is 1. The van der Waals surface area contributed by atoms with E-state index in [0.717, 1.165) is 17.0 Å². The zero-order valence-electron chi connectivity index (χ0n) is 17.1. The van der Waals surface area contributed by atoms with Crippen molar-refractivity contribution in [3.05, 3.63) is 88.7 Å². The fourth-order valence-corrected chi connectivity index (χ4v) is 3.55. The molecule has 0 amide bonds. The maximum Gasteiger partial charge on any atom is 0.329 e. The van der Waals surface area contributed by atoms with E-state index in [4.69, 9.17) is 9.47 Å². The van der Waals surface area contributed by atoms with E-state index >= 15 is 0 Å². The second-order valence-corrected chi connectivity index (χ2v) is 6.95. The van der Waals surface area contributed by atoms with Crippen LogP contribution >= 0.6 is 0 Å². The SMILES string of the molecule is COc1ccccc1COC(=O)C(C)n1c(C)cc(C(=O)c2ccccc2)c1C. The van der Waals surface area contributed by atoms with Crippen LogP contribution in [0.2, 0.25) is 0 Å². The number of para-hydroxylation sites is 1. The first-order valence-electron chi connectivity index (χ1n) is 9.50. The van der Waals surface area contributed by atoms with Gasteiger partial charge in [0.25, 0.3) is 0 Å². The molecule has 0 aliphatic carbocycles. The molecule has 0 aliphatic rings. The summed E-state index contributed by atoms with van der Waals surface area (Å²) >= 11 is 0. The van der Waals surface area contributed by atoms with Crippen LogP contribution in [0.25, 0.3) is 0 Å². The van der Waals surface area contributed by atoms with Crippen LogP contribution in [0.15, 0.2) is 60.7 Å². The summed E-state index contributed by atoms with van der Waals surface area (Å²) in [4.78, 5) is 25.6. The number of aryl methyl sites for hydroxylation is 1. The van der Waals surface area contributed by atoms with Crippen LogP contribution in [-0.2, 0) is 16.1 Å². The van der Waals surface area contributed by atoms with E-state index in [2.05, 4.69) is 0 Å². The Morgan fingerprint density at radius 2 is 1.66 bits per heavy atom. The molecule has 1 heterocycles. The van der Waals surface area contributed by atoms with E-state index in [1.165, 1.54) is 0 Å². The molecule has 5 heteroatoms. The summed E-state index contributed by atoms with van der Waals surface area (Å²) in [6.07, 6.45) is 0. The van der Waals surface area contributed by atoms with Crippen molar-refractivity contribution in [2.75, 3.05) is 7.11 Å². The minimum absolute atomic E-state index is 0.0560. The minimum Gasteiger partial charge on any atom is -0.496 e. The van der Waals surface area contributed by atoms with Crippen molar-refractivity contribution in [1.29, 1.82) is 0 Å². The number of rotatable bonds is 7. The van der Waals surface area contributed by atoms with Gasteiger partial charge < -0.3 is 14.0 Å². The van der Waals surface area contributed by atoms with E-state index in [1.807, 2.05) is 66.9 Å². The molecule has 1 atom stereocenters. The van der Waals surface area contributed by atoms with E-state index in [9.17, 15) is 9.59 Å². The van der Waals surface area contributed by atoms with Crippen LogP contribution in [0.4, 0.5) is 0 Å². The second kappa shape index (κ2) is 8.78. The molecule has 0 saturated carbocycles. The Balaban J connectivity index is 1.78. The number of benzene rings is 2. The molecule has 1 unspecified atom stereocenters. The minimum atomic E-state index is -0.554. The first-order valence-corrected chi connectivity index (χ1v) is 9.50. The van der Waals surface area contributed by atoms with Gasteiger partial charge >= 0.3 is 5.97 Å². The van der Waals surface area contributed by atoms with E-state index < -0.39 is 6.04 Å². The van der Waals surface area contributed by atoms with E-state index in [1.54, 1.807) is 26.2 Å². The molecule has 1 aromatic heterocycles. The standard InChI is InChI=1S/C24H25NO4/c1-16-14-21(23(26)19-10-6-5-7-11-19)17(2)25(16)18(3)24(27)29-15-20-12-8-9-13-22(20)28-4/h5-14,18H,15H2,1-4H3. The molecule has 0 spiro atoms. The largest absolute Gasteiger partial charge is 0.496 e. The average molecular weight is 391 g/mol. The van der Waals surface area contributed by atoms with Crippen molar-refractivity contribution in [2.24, 2.45) is 0 Å². The first-order chi connectivity index (χ1) is 13.9. The van der Waals surface area contributed by atoms with Crippen LogP contribution in [0.3, 0.4) is 0 Å². The number of ketones is 1. The van der Waals surface area contributed by atoms with Gasteiger partial charge in [-0.2, -0.15) is 0 Å². The highest BCUT2D eigenvalue weighted by atomic mass is 16.5. The molecule has 29 heavy (non-hydrogen) atoms. The van der Waals surface area contributed by atoms with Gasteiger partial charge in [-0.3, -0.25) is 4.79 Å². The third kappa shape index (κ3) is 4.24. The lowest BCUT2D eigenvalue weighted by Crippen LogP contribution is -2.21. The third-order valence-electron chi connectivity index (χ3n) is 5.06. The predicted octanol–water partition coefficient (Wildman–Crippen LogP) is 4.65. The Morgan fingerprint density at radius 3 is 2.34 bits per heavy atom. The Bertz CT molecular complexity index is 1020. The Kier molecular flexibility index (Phi) is 6.17.